The molecule has 1 aliphatic rings. The summed E-state index contributed by atoms with van der Waals surface area (Å²) in [5, 5.41) is 9.82. The highest BCUT2D eigenvalue weighted by Crippen LogP contribution is 2.43. The molecular weight excluding hydrogens is 390 g/mol. The van der Waals surface area contributed by atoms with Gasteiger partial charge in [0.25, 0.3) is 11.8 Å². The SMILES string of the molecule is COc1ccc2ccc3c4c(c5ccc6ccc(OC)cc6c5c3c2c1)C(=O)NC4=O. The Hall–Kier alpha value is -4.12. The Balaban J connectivity index is 1.98. The molecule has 1 aliphatic heterocycles. The topological polar surface area (TPSA) is 64.6 Å². The summed E-state index contributed by atoms with van der Waals surface area (Å²) >= 11 is 0. The van der Waals surface area contributed by atoms with Crippen LogP contribution in [0.15, 0.2) is 60.7 Å². The highest BCUT2D eigenvalue weighted by atomic mass is 16.5. The number of carbonyl (C=O) groups excluding carboxylic acids is 2. The maximum Gasteiger partial charge on any atom is 0.259 e. The molecule has 2 amide bonds. The quantitative estimate of drug-likeness (QED) is 0.323. The van der Waals surface area contributed by atoms with Gasteiger partial charge in [0.1, 0.15) is 11.5 Å². The zero-order chi connectivity index (χ0) is 21.3. The van der Waals surface area contributed by atoms with Gasteiger partial charge in [-0.2, -0.15) is 0 Å². The third kappa shape index (κ3) is 2.31. The average Bonchev–Trinajstić information content (AvgIpc) is 3.11. The Labute approximate surface area is 177 Å². The van der Waals surface area contributed by atoms with Crippen LogP contribution >= 0.6 is 0 Å². The van der Waals surface area contributed by atoms with Gasteiger partial charge in [-0.25, -0.2) is 0 Å². The Morgan fingerprint density at radius 1 is 0.581 bits per heavy atom. The molecule has 0 atom stereocenters. The largest absolute Gasteiger partial charge is 0.497 e. The van der Waals surface area contributed by atoms with E-state index in [2.05, 4.69) is 5.32 Å². The summed E-state index contributed by atoms with van der Waals surface area (Å²) < 4.78 is 11.0. The van der Waals surface area contributed by atoms with Gasteiger partial charge in [-0.15, -0.1) is 0 Å². The third-order valence-corrected chi connectivity index (χ3v) is 6.18. The van der Waals surface area contributed by atoms with Crippen molar-refractivity contribution in [2.45, 2.75) is 0 Å². The predicted molar refractivity (Wildman–Crippen MR) is 121 cm³/mol. The summed E-state index contributed by atoms with van der Waals surface area (Å²) in [4.78, 5) is 25.6. The molecule has 0 radical (unpaired) electrons. The molecule has 0 saturated carbocycles. The van der Waals surface area contributed by atoms with Crippen molar-refractivity contribution in [1.29, 1.82) is 0 Å². The molecule has 0 aromatic heterocycles. The molecule has 5 nitrogen and oxygen atoms in total. The second kappa shape index (κ2) is 6.19. The molecule has 5 aromatic rings. The van der Waals surface area contributed by atoms with Crippen LogP contribution in [0.4, 0.5) is 0 Å². The van der Waals surface area contributed by atoms with Gasteiger partial charge in [0.05, 0.1) is 25.3 Å². The fraction of sp³-hybridized carbons (Fsp3) is 0.0769. The zero-order valence-corrected chi connectivity index (χ0v) is 16.9. The molecule has 0 spiro atoms. The van der Waals surface area contributed by atoms with E-state index in [-0.39, 0.29) is 11.8 Å². The second-order valence-corrected chi connectivity index (χ2v) is 7.68. The van der Waals surface area contributed by atoms with E-state index >= 15 is 0 Å². The summed E-state index contributed by atoms with van der Waals surface area (Å²) in [7, 11) is 3.27. The van der Waals surface area contributed by atoms with Crippen LogP contribution in [0.2, 0.25) is 0 Å². The number of methoxy groups -OCH3 is 2. The molecule has 0 saturated heterocycles. The van der Waals surface area contributed by atoms with E-state index in [1.54, 1.807) is 14.2 Å². The number of rotatable bonds is 2. The normalized spacial score (nSPS) is 13.2. The highest BCUT2D eigenvalue weighted by molar-refractivity contribution is 6.39. The van der Waals surface area contributed by atoms with Gasteiger partial charge in [0, 0.05) is 0 Å². The Morgan fingerprint density at radius 2 is 1.00 bits per heavy atom. The number of hydrogen-bond donors (Lipinski definition) is 1. The lowest BCUT2D eigenvalue weighted by Gasteiger charge is -2.15. The summed E-state index contributed by atoms with van der Waals surface area (Å²) in [6, 6.07) is 19.6. The molecule has 1 heterocycles. The first kappa shape index (κ1) is 17.7. The minimum atomic E-state index is -0.361. The monoisotopic (exact) mass is 407 g/mol. The van der Waals surface area contributed by atoms with E-state index in [9.17, 15) is 9.59 Å². The molecule has 0 unspecified atom stereocenters. The Kier molecular flexibility index (Phi) is 3.54. The molecule has 0 fully saturated rings. The van der Waals surface area contributed by atoms with E-state index in [1.165, 1.54) is 0 Å². The van der Waals surface area contributed by atoms with Crippen molar-refractivity contribution in [3.63, 3.8) is 0 Å². The van der Waals surface area contributed by atoms with E-state index in [4.69, 9.17) is 9.47 Å². The van der Waals surface area contributed by atoms with Crippen LogP contribution in [0, 0.1) is 0 Å². The van der Waals surface area contributed by atoms with Gasteiger partial charge in [0.2, 0.25) is 0 Å². The number of hydrogen-bond acceptors (Lipinski definition) is 4. The van der Waals surface area contributed by atoms with Crippen LogP contribution in [-0.4, -0.2) is 26.0 Å². The summed E-state index contributed by atoms with van der Waals surface area (Å²) in [5.74, 6) is 0.735. The minimum Gasteiger partial charge on any atom is -0.497 e. The molecule has 0 aliphatic carbocycles. The maximum absolute atomic E-state index is 12.8. The first-order valence-electron chi connectivity index (χ1n) is 9.93. The van der Waals surface area contributed by atoms with Crippen molar-refractivity contribution in [3.05, 3.63) is 71.8 Å². The fourth-order valence-corrected chi connectivity index (χ4v) is 4.78. The predicted octanol–water partition coefficient (Wildman–Crippen LogP) is 5.20. The smallest absolute Gasteiger partial charge is 0.259 e. The molecule has 150 valence electrons. The molecule has 31 heavy (non-hydrogen) atoms. The zero-order valence-electron chi connectivity index (χ0n) is 16.9. The van der Waals surface area contributed by atoms with Gasteiger partial charge in [-0.1, -0.05) is 36.4 Å². The van der Waals surface area contributed by atoms with E-state index in [0.29, 0.717) is 11.1 Å². The fourth-order valence-electron chi connectivity index (χ4n) is 4.78. The Bertz CT molecular complexity index is 1500. The summed E-state index contributed by atoms with van der Waals surface area (Å²) in [5.41, 5.74) is 0.860. The number of benzene rings is 5. The maximum atomic E-state index is 12.8. The van der Waals surface area contributed by atoms with Gasteiger partial charge in [-0.3, -0.25) is 14.9 Å². The van der Waals surface area contributed by atoms with Crippen molar-refractivity contribution in [1.82, 2.24) is 5.32 Å². The first-order chi connectivity index (χ1) is 15.1. The van der Waals surface area contributed by atoms with Crippen LogP contribution < -0.4 is 14.8 Å². The summed E-state index contributed by atoms with van der Waals surface area (Å²) in [6.45, 7) is 0. The van der Waals surface area contributed by atoms with Crippen LogP contribution in [-0.2, 0) is 0 Å². The second-order valence-electron chi connectivity index (χ2n) is 7.68. The van der Waals surface area contributed by atoms with E-state index in [1.807, 2.05) is 60.7 Å². The van der Waals surface area contributed by atoms with Crippen LogP contribution in [0.3, 0.4) is 0 Å². The number of ether oxygens (including phenoxy) is 2. The number of imide groups is 1. The first-order valence-corrected chi connectivity index (χ1v) is 9.93. The standard InChI is InChI=1S/C26H17NO4/c1-30-15-7-3-13-5-9-17-21(19(13)11-15)22-18(24-23(17)25(28)27-26(24)29)10-6-14-4-8-16(31-2)12-20(14)22/h3-12H,1-2H3,(H,27,28,29). The van der Waals surface area contributed by atoms with Gasteiger partial charge < -0.3 is 9.47 Å². The van der Waals surface area contributed by atoms with Gasteiger partial charge in [0.15, 0.2) is 0 Å². The summed E-state index contributed by atoms with van der Waals surface area (Å²) in [6.07, 6.45) is 0. The molecule has 0 bridgehead atoms. The van der Waals surface area contributed by atoms with Crippen molar-refractivity contribution < 1.29 is 19.1 Å². The third-order valence-electron chi connectivity index (χ3n) is 6.18. The average molecular weight is 407 g/mol. The van der Waals surface area contributed by atoms with E-state index in [0.717, 1.165) is 54.6 Å². The molecule has 5 heteroatoms. The van der Waals surface area contributed by atoms with Crippen molar-refractivity contribution in [2.24, 2.45) is 0 Å². The minimum absolute atomic E-state index is 0.361. The van der Waals surface area contributed by atoms with Gasteiger partial charge >= 0.3 is 0 Å². The molecule has 1 N–H and O–H groups in total. The lowest BCUT2D eigenvalue weighted by atomic mass is 9.87. The molecule has 6 rings (SSSR count). The van der Waals surface area contributed by atoms with E-state index < -0.39 is 0 Å². The van der Waals surface area contributed by atoms with Crippen LogP contribution in [0.5, 0.6) is 11.5 Å². The van der Waals surface area contributed by atoms with Crippen molar-refractivity contribution in [2.75, 3.05) is 14.2 Å². The van der Waals surface area contributed by atoms with Crippen molar-refractivity contribution in [3.8, 4) is 11.5 Å². The number of fused-ring (bicyclic) bond motifs is 10. The van der Waals surface area contributed by atoms with Crippen molar-refractivity contribution >= 4 is 54.9 Å². The lowest BCUT2D eigenvalue weighted by molar-refractivity contribution is 0.0880. The Morgan fingerprint density at radius 3 is 1.42 bits per heavy atom. The van der Waals surface area contributed by atoms with Crippen LogP contribution in [0.1, 0.15) is 20.7 Å². The molecule has 5 aromatic carbocycles. The van der Waals surface area contributed by atoms with Gasteiger partial charge in [-0.05, 0) is 67.4 Å². The number of nitrogens with one attached hydrogen (secondary N) is 1. The van der Waals surface area contributed by atoms with Crippen LogP contribution in [0.25, 0.3) is 43.1 Å². The lowest BCUT2D eigenvalue weighted by Crippen LogP contribution is -2.20. The number of amides is 2. The molecular formula is C26H17NO4. The highest BCUT2D eigenvalue weighted by Gasteiger charge is 2.32. The number of carbonyl (C=O) groups is 2.